The van der Waals surface area contributed by atoms with Crippen LogP contribution in [0.4, 0.5) is 5.69 Å². The van der Waals surface area contributed by atoms with Crippen molar-refractivity contribution in [2.75, 3.05) is 25.5 Å². The molecule has 2 N–H and O–H groups in total. The minimum atomic E-state index is -0.0162. The second kappa shape index (κ2) is 4.29. The summed E-state index contributed by atoms with van der Waals surface area (Å²) in [6.45, 7) is 1.83. The van der Waals surface area contributed by atoms with Crippen molar-refractivity contribution < 1.29 is 4.74 Å². The summed E-state index contributed by atoms with van der Waals surface area (Å²) in [5, 5.41) is 6.66. The molecule has 0 fully saturated rings. The molecule has 0 aliphatic carbocycles. The number of methoxy groups -OCH3 is 1. The van der Waals surface area contributed by atoms with Gasteiger partial charge in [-0.3, -0.25) is 5.32 Å². The summed E-state index contributed by atoms with van der Waals surface area (Å²) >= 11 is 3.46. The van der Waals surface area contributed by atoms with Gasteiger partial charge in [0.25, 0.3) is 0 Å². The van der Waals surface area contributed by atoms with Crippen LogP contribution in [0.25, 0.3) is 0 Å². The van der Waals surface area contributed by atoms with Gasteiger partial charge in [0.15, 0.2) is 0 Å². The van der Waals surface area contributed by atoms with Crippen molar-refractivity contribution in [1.29, 1.82) is 0 Å². The first-order valence-electron chi connectivity index (χ1n) is 4.61. The van der Waals surface area contributed by atoms with Gasteiger partial charge in [-0.2, -0.15) is 0 Å². The molecule has 0 amide bonds. The number of benzene rings is 1. The van der Waals surface area contributed by atoms with Gasteiger partial charge in [-0.05, 0) is 18.2 Å². The first-order valence-corrected chi connectivity index (χ1v) is 5.40. The van der Waals surface area contributed by atoms with Crippen LogP contribution >= 0.6 is 15.9 Å². The summed E-state index contributed by atoms with van der Waals surface area (Å²) < 4.78 is 6.45. The van der Waals surface area contributed by atoms with Crippen molar-refractivity contribution in [1.82, 2.24) is 5.32 Å². The zero-order valence-corrected chi connectivity index (χ0v) is 9.60. The average molecular weight is 257 g/mol. The zero-order valence-electron chi connectivity index (χ0n) is 8.01. The van der Waals surface area contributed by atoms with Crippen LogP contribution < -0.4 is 10.6 Å². The maximum atomic E-state index is 5.38. The molecule has 1 atom stereocenters. The smallest absolute Gasteiger partial charge is 0.136 e. The Hall–Kier alpha value is -0.580. The Morgan fingerprint density at radius 1 is 1.43 bits per heavy atom. The summed E-state index contributed by atoms with van der Waals surface area (Å²) in [6, 6.07) is 6.18. The Kier molecular flexibility index (Phi) is 3.05. The minimum Gasteiger partial charge on any atom is -0.383 e. The molecule has 14 heavy (non-hydrogen) atoms. The first kappa shape index (κ1) is 9.96. The molecular weight excluding hydrogens is 244 g/mol. The van der Waals surface area contributed by atoms with Crippen LogP contribution in [-0.2, 0) is 4.74 Å². The van der Waals surface area contributed by atoms with E-state index in [0.717, 1.165) is 28.8 Å². The van der Waals surface area contributed by atoms with E-state index in [2.05, 4.69) is 38.7 Å². The Bertz CT molecular complexity index is 330. The highest BCUT2D eigenvalue weighted by atomic mass is 79.9. The van der Waals surface area contributed by atoms with E-state index in [0.29, 0.717) is 0 Å². The van der Waals surface area contributed by atoms with Crippen molar-refractivity contribution in [3.8, 4) is 0 Å². The van der Waals surface area contributed by atoms with E-state index in [4.69, 9.17) is 4.74 Å². The molecule has 1 aromatic rings. The third-order valence-corrected chi connectivity index (χ3v) is 2.80. The van der Waals surface area contributed by atoms with E-state index in [1.165, 1.54) is 0 Å². The molecule has 1 heterocycles. The maximum Gasteiger partial charge on any atom is 0.136 e. The van der Waals surface area contributed by atoms with Crippen LogP contribution in [0.2, 0.25) is 0 Å². The molecular formula is C10H13BrN2O. The van der Waals surface area contributed by atoms with Crippen LogP contribution in [-0.4, -0.2) is 20.2 Å². The lowest BCUT2D eigenvalue weighted by Crippen LogP contribution is -2.24. The summed E-state index contributed by atoms with van der Waals surface area (Å²) in [6.07, 6.45) is -0.0162. The van der Waals surface area contributed by atoms with Crippen molar-refractivity contribution in [2.24, 2.45) is 0 Å². The normalized spacial score (nSPS) is 20.9. The number of ether oxygens (including phenoxy) is 1. The van der Waals surface area contributed by atoms with Gasteiger partial charge >= 0.3 is 0 Å². The molecule has 4 heteroatoms. The second-order valence-corrected chi connectivity index (χ2v) is 4.14. The largest absolute Gasteiger partial charge is 0.383 e. The molecule has 3 nitrogen and oxygen atoms in total. The van der Waals surface area contributed by atoms with Gasteiger partial charge in [0.2, 0.25) is 0 Å². The molecule has 76 valence electrons. The summed E-state index contributed by atoms with van der Waals surface area (Å²) in [5.74, 6) is 0. The highest BCUT2D eigenvalue weighted by Gasteiger charge is 2.17. The molecule has 1 aliphatic rings. The van der Waals surface area contributed by atoms with Gasteiger partial charge in [0.05, 0.1) is 0 Å². The molecule has 1 aliphatic heterocycles. The van der Waals surface area contributed by atoms with E-state index >= 15 is 0 Å². The quantitative estimate of drug-likeness (QED) is 0.808. The van der Waals surface area contributed by atoms with Crippen LogP contribution in [0.5, 0.6) is 0 Å². The van der Waals surface area contributed by atoms with Crippen LogP contribution in [0.3, 0.4) is 0 Å². The van der Waals surface area contributed by atoms with Crippen molar-refractivity contribution >= 4 is 21.6 Å². The van der Waals surface area contributed by atoms with Crippen LogP contribution in [0.1, 0.15) is 11.8 Å². The minimum absolute atomic E-state index is 0.0162. The predicted octanol–water partition coefficient (Wildman–Crippen LogP) is 2.11. The van der Waals surface area contributed by atoms with Gasteiger partial charge in [-0.1, -0.05) is 15.9 Å². The van der Waals surface area contributed by atoms with Gasteiger partial charge < -0.3 is 10.1 Å². The highest BCUT2D eigenvalue weighted by molar-refractivity contribution is 9.10. The van der Waals surface area contributed by atoms with Crippen molar-refractivity contribution in [3.63, 3.8) is 0 Å². The number of fused-ring (bicyclic) bond motifs is 1. The lowest BCUT2D eigenvalue weighted by atomic mass is 10.1. The van der Waals surface area contributed by atoms with Gasteiger partial charge in [-0.25, -0.2) is 0 Å². The second-order valence-electron chi connectivity index (χ2n) is 3.23. The fourth-order valence-corrected chi connectivity index (χ4v) is 2.01. The molecule has 1 aromatic carbocycles. The SMILES string of the molecule is COC1NCCNc2ccc(Br)cc21. The number of hydrogen-bond donors (Lipinski definition) is 2. The zero-order chi connectivity index (χ0) is 9.97. The number of anilines is 1. The highest BCUT2D eigenvalue weighted by Crippen LogP contribution is 2.28. The van der Waals surface area contributed by atoms with Crippen molar-refractivity contribution in [2.45, 2.75) is 6.23 Å². The monoisotopic (exact) mass is 256 g/mol. The van der Waals surface area contributed by atoms with Crippen LogP contribution in [0.15, 0.2) is 22.7 Å². The molecule has 0 radical (unpaired) electrons. The number of nitrogens with one attached hydrogen (secondary N) is 2. The molecule has 0 aromatic heterocycles. The first-order chi connectivity index (χ1) is 6.81. The number of halogens is 1. The molecule has 0 saturated carbocycles. The standard InChI is InChI=1S/C10H13BrN2O/c1-14-10-8-6-7(11)2-3-9(8)12-4-5-13-10/h2-3,6,10,12-13H,4-5H2,1H3. The third kappa shape index (κ3) is 1.92. The Morgan fingerprint density at radius 3 is 3.07 bits per heavy atom. The molecule has 2 rings (SSSR count). The fourth-order valence-electron chi connectivity index (χ4n) is 1.63. The third-order valence-electron chi connectivity index (χ3n) is 2.30. The van der Waals surface area contributed by atoms with E-state index in [1.807, 2.05) is 6.07 Å². The Labute approximate surface area is 92.0 Å². The molecule has 0 saturated heterocycles. The predicted molar refractivity (Wildman–Crippen MR) is 60.4 cm³/mol. The number of hydrogen-bond acceptors (Lipinski definition) is 3. The van der Waals surface area contributed by atoms with Gasteiger partial charge in [-0.15, -0.1) is 0 Å². The number of rotatable bonds is 1. The summed E-state index contributed by atoms with van der Waals surface area (Å²) in [7, 11) is 1.72. The van der Waals surface area contributed by atoms with Crippen molar-refractivity contribution in [3.05, 3.63) is 28.2 Å². The fraction of sp³-hybridized carbons (Fsp3) is 0.400. The van der Waals surface area contributed by atoms with E-state index < -0.39 is 0 Å². The van der Waals surface area contributed by atoms with E-state index in [9.17, 15) is 0 Å². The maximum absolute atomic E-state index is 5.38. The van der Waals surface area contributed by atoms with E-state index in [-0.39, 0.29) is 6.23 Å². The molecule has 0 bridgehead atoms. The van der Waals surface area contributed by atoms with Crippen LogP contribution in [0, 0.1) is 0 Å². The summed E-state index contributed by atoms with van der Waals surface area (Å²) in [4.78, 5) is 0. The molecule has 0 spiro atoms. The average Bonchev–Trinajstić information content (AvgIpc) is 2.39. The lowest BCUT2D eigenvalue weighted by molar-refractivity contribution is 0.0770. The summed E-state index contributed by atoms with van der Waals surface area (Å²) in [5.41, 5.74) is 2.30. The Balaban J connectivity index is 2.40. The van der Waals surface area contributed by atoms with Gasteiger partial charge in [0, 0.05) is 35.9 Å². The molecule has 1 unspecified atom stereocenters. The topological polar surface area (TPSA) is 33.3 Å². The Morgan fingerprint density at radius 2 is 2.29 bits per heavy atom. The van der Waals surface area contributed by atoms with E-state index in [1.54, 1.807) is 7.11 Å². The lowest BCUT2D eigenvalue weighted by Gasteiger charge is -2.16. The van der Waals surface area contributed by atoms with Gasteiger partial charge in [0.1, 0.15) is 6.23 Å².